The number of thioether (sulfide) groups is 3. The van der Waals surface area contributed by atoms with Gasteiger partial charge in [0.05, 0.1) is 0 Å². The second-order valence-corrected chi connectivity index (χ2v) is 7.51. The zero-order valence-corrected chi connectivity index (χ0v) is 10.9. The van der Waals surface area contributed by atoms with E-state index in [2.05, 4.69) is 6.26 Å². The van der Waals surface area contributed by atoms with E-state index in [9.17, 15) is 4.79 Å². The molecule has 1 fully saturated rings. The summed E-state index contributed by atoms with van der Waals surface area (Å²) in [6.07, 6.45) is 4.29. The third-order valence-corrected chi connectivity index (χ3v) is 6.93. The smallest absolute Gasteiger partial charge is 0.185 e. The summed E-state index contributed by atoms with van der Waals surface area (Å²) in [5.41, 5.74) is 1.01. The monoisotopic (exact) mass is 246 g/mol. The lowest BCUT2D eigenvalue weighted by Crippen LogP contribution is -2.31. The Balaban J connectivity index is 2.22. The molecule has 1 saturated heterocycles. The van der Waals surface area contributed by atoms with E-state index in [4.69, 9.17) is 0 Å². The quantitative estimate of drug-likeness (QED) is 0.706. The fraction of sp³-hybridized carbons (Fsp3) is 0.700. The van der Waals surface area contributed by atoms with E-state index in [1.807, 2.05) is 30.4 Å². The summed E-state index contributed by atoms with van der Waals surface area (Å²) in [5.74, 6) is 2.68. The number of allylic oxidation sites excluding steroid dienone is 2. The highest BCUT2D eigenvalue weighted by Crippen LogP contribution is 2.54. The molecule has 0 aromatic heterocycles. The Morgan fingerprint density at radius 2 is 2.00 bits per heavy atom. The molecule has 1 nitrogen and oxygen atoms in total. The van der Waals surface area contributed by atoms with Crippen molar-refractivity contribution in [3.05, 3.63) is 10.5 Å². The molecule has 0 amide bonds. The third kappa shape index (κ3) is 1.65. The summed E-state index contributed by atoms with van der Waals surface area (Å²) in [7, 11) is 0. The molecule has 2 aliphatic rings. The highest BCUT2D eigenvalue weighted by Gasteiger charge is 2.47. The lowest BCUT2D eigenvalue weighted by atomic mass is 10.2. The Morgan fingerprint density at radius 1 is 1.36 bits per heavy atom. The summed E-state index contributed by atoms with van der Waals surface area (Å²) >= 11 is 5.47. The Hall–Kier alpha value is 0.460. The molecule has 0 saturated carbocycles. The molecule has 14 heavy (non-hydrogen) atoms. The lowest BCUT2D eigenvalue weighted by molar-refractivity contribution is -0.115. The zero-order valence-electron chi connectivity index (χ0n) is 8.46. The standard InChI is InChI=1S/C10H14OS3/c1-7-8(12-2)6-10(9(7)11)13-4-3-5-14-10/h3-6H2,1-2H3. The van der Waals surface area contributed by atoms with E-state index < -0.39 is 0 Å². The minimum atomic E-state index is -0.124. The van der Waals surface area contributed by atoms with Crippen LogP contribution in [0.1, 0.15) is 19.8 Å². The molecule has 1 heterocycles. The van der Waals surface area contributed by atoms with Gasteiger partial charge in [-0.3, -0.25) is 4.79 Å². The molecular formula is C10H14OS3. The average Bonchev–Trinajstić information content (AvgIpc) is 2.45. The molecule has 1 spiro atoms. The van der Waals surface area contributed by atoms with Crippen LogP contribution in [0.5, 0.6) is 0 Å². The Morgan fingerprint density at radius 3 is 2.50 bits per heavy atom. The number of rotatable bonds is 1. The van der Waals surface area contributed by atoms with Crippen LogP contribution in [0.3, 0.4) is 0 Å². The first-order valence-electron chi connectivity index (χ1n) is 4.76. The maximum absolute atomic E-state index is 12.1. The molecule has 0 atom stereocenters. The van der Waals surface area contributed by atoms with Crippen LogP contribution >= 0.6 is 35.3 Å². The third-order valence-electron chi connectivity index (χ3n) is 2.70. The van der Waals surface area contributed by atoms with Crippen molar-refractivity contribution in [3.8, 4) is 0 Å². The first-order valence-corrected chi connectivity index (χ1v) is 7.96. The van der Waals surface area contributed by atoms with E-state index in [0.717, 1.165) is 23.5 Å². The Kier molecular flexibility index (Phi) is 3.24. The summed E-state index contributed by atoms with van der Waals surface area (Å²) < 4.78 is -0.124. The van der Waals surface area contributed by atoms with Crippen molar-refractivity contribution >= 4 is 41.1 Å². The van der Waals surface area contributed by atoms with E-state index in [-0.39, 0.29) is 4.08 Å². The molecule has 78 valence electrons. The molecule has 1 aliphatic carbocycles. The van der Waals surface area contributed by atoms with Gasteiger partial charge in [0.1, 0.15) is 4.08 Å². The van der Waals surface area contributed by atoms with Crippen LogP contribution in [0.25, 0.3) is 0 Å². The molecule has 1 aliphatic heterocycles. The fourth-order valence-electron chi connectivity index (χ4n) is 1.87. The number of carbonyl (C=O) groups is 1. The number of ketones is 1. The number of hydrogen-bond donors (Lipinski definition) is 0. The molecule has 0 bridgehead atoms. The Bertz CT molecular complexity index is 290. The molecule has 2 rings (SSSR count). The SMILES string of the molecule is CSC1=C(C)C(=O)C2(C1)SCCCS2. The van der Waals surface area contributed by atoms with Gasteiger partial charge in [-0.2, -0.15) is 0 Å². The average molecular weight is 246 g/mol. The highest BCUT2D eigenvalue weighted by atomic mass is 32.2. The summed E-state index contributed by atoms with van der Waals surface area (Å²) in [6, 6.07) is 0. The van der Waals surface area contributed by atoms with E-state index in [0.29, 0.717) is 5.78 Å². The molecular weight excluding hydrogens is 232 g/mol. The van der Waals surface area contributed by atoms with Crippen LogP contribution in [-0.2, 0) is 4.79 Å². The molecule has 0 aromatic rings. The normalized spacial score (nSPS) is 26.3. The first kappa shape index (κ1) is 11.0. The van der Waals surface area contributed by atoms with Gasteiger partial charge in [-0.1, -0.05) is 0 Å². The van der Waals surface area contributed by atoms with Crippen molar-refractivity contribution in [2.45, 2.75) is 23.8 Å². The van der Waals surface area contributed by atoms with Gasteiger partial charge in [-0.25, -0.2) is 0 Å². The van der Waals surface area contributed by atoms with Crippen molar-refractivity contribution in [2.75, 3.05) is 17.8 Å². The molecule has 0 radical (unpaired) electrons. The number of Topliss-reactive ketones (excluding diaryl/α,β-unsaturated/α-hetero) is 1. The second-order valence-electron chi connectivity index (χ2n) is 3.56. The minimum absolute atomic E-state index is 0.124. The summed E-state index contributed by atoms with van der Waals surface area (Å²) in [6.45, 7) is 1.98. The highest BCUT2D eigenvalue weighted by molar-refractivity contribution is 8.20. The number of carbonyl (C=O) groups excluding carboxylic acids is 1. The van der Waals surface area contributed by atoms with Crippen LogP contribution in [-0.4, -0.2) is 27.6 Å². The van der Waals surface area contributed by atoms with Gasteiger partial charge in [0.15, 0.2) is 5.78 Å². The first-order chi connectivity index (χ1) is 6.69. The topological polar surface area (TPSA) is 17.1 Å². The molecule has 0 aromatic carbocycles. The van der Waals surface area contributed by atoms with Gasteiger partial charge in [0, 0.05) is 12.0 Å². The largest absolute Gasteiger partial charge is 0.292 e. The number of hydrogen-bond acceptors (Lipinski definition) is 4. The Labute approximate surface area is 97.9 Å². The molecule has 0 N–H and O–H groups in total. The maximum Gasteiger partial charge on any atom is 0.185 e. The van der Waals surface area contributed by atoms with E-state index in [1.165, 1.54) is 11.3 Å². The lowest BCUT2D eigenvalue weighted by Gasteiger charge is -2.30. The van der Waals surface area contributed by atoms with Crippen molar-refractivity contribution < 1.29 is 4.79 Å². The van der Waals surface area contributed by atoms with Crippen LogP contribution in [0.15, 0.2) is 10.5 Å². The van der Waals surface area contributed by atoms with Crippen molar-refractivity contribution in [1.29, 1.82) is 0 Å². The summed E-state index contributed by atoms with van der Waals surface area (Å²) in [4.78, 5) is 13.4. The van der Waals surface area contributed by atoms with Gasteiger partial charge in [-0.15, -0.1) is 35.3 Å². The van der Waals surface area contributed by atoms with Crippen LogP contribution < -0.4 is 0 Å². The van der Waals surface area contributed by atoms with Crippen molar-refractivity contribution in [3.63, 3.8) is 0 Å². The van der Waals surface area contributed by atoms with E-state index >= 15 is 0 Å². The van der Waals surface area contributed by atoms with Crippen LogP contribution in [0, 0.1) is 0 Å². The van der Waals surface area contributed by atoms with Gasteiger partial charge in [-0.05, 0) is 36.0 Å². The molecule has 0 unspecified atom stereocenters. The summed E-state index contributed by atoms with van der Waals surface area (Å²) in [5, 5.41) is 0. The fourth-order valence-corrected chi connectivity index (χ4v) is 6.13. The van der Waals surface area contributed by atoms with E-state index in [1.54, 1.807) is 11.8 Å². The van der Waals surface area contributed by atoms with Crippen LogP contribution in [0.2, 0.25) is 0 Å². The van der Waals surface area contributed by atoms with Gasteiger partial charge < -0.3 is 0 Å². The molecule has 4 heteroatoms. The predicted molar refractivity (Wildman–Crippen MR) is 68.1 cm³/mol. The van der Waals surface area contributed by atoms with Crippen molar-refractivity contribution in [1.82, 2.24) is 0 Å². The predicted octanol–water partition coefficient (Wildman–Crippen LogP) is 3.16. The second kappa shape index (κ2) is 4.14. The maximum atomic E-state index is 12.1. The van der Waals surface area contributed by atoms with Crippen molar-refractivity contribution in [2.24, 2.45) is 0 Å². The van der Waals surface area contributed by atoms with Gasteiger partial charge in [0.2, 0.25) is 0 Å². The van der Waals surface area contributed by atoms with Gasteiger partial charge in [0.25, 0.3) is 0 Å². The van der Waals surface area contributed by atoms with Crippen LogP contribution in [0.4, 0.5) is 0 Å². The zero-order chi connectivity index (χ0) is 10.2. The minimum Gasteiger partial charge on any atom is -0.292 e. The van der Waals surface area contributed by atoms with Gasteiger partial charge >= 0.3 is 0 Å².